The van der Waals surface area contributed by atoms with Gasteiger partial charge in [0.15, 0.2) is 0 Å². The summed E-state index contributed by atoms with van der Waals surface area (Å²) in [4.78, 5) is 17.0. The van der Waals surface area contributed by atoms with E-state index in [0.29, 0.717) is 6.54 Å². The first-order valence-corrected chi connectivity index (χ1v) is 7.34. The van der Waals surface area contributed by atoms with E-state index in [-0.39, 0.29) is 5.91 Å². The van der Waals surface area contributed by atoms with Gasteiger partial charge in [0.2, 0.25) is 0 Å². The third-order valence-electron chi connectivity index (χ3n) is 3.07. The second-order valence-corrected chi connectivity index (χ2v) is 5.80. The monoisotopic (exact) mass is 283 g/mol. The van der Waals surface area contributed by atoms with Crippen molar-refractivity contribution in [2.45, 2.75) is 0 Å². The van der Waals surface area contributed by atoms with E-state index in [4.69, 9.17) is 4.74 Å². The Hall–Kier alpha value is -1.11. The minimum Gasteiger partial charge on any atom is -0.379 e. The topological polar surface area (TPSA) is 44.8 Å². The molecule has 0 aromatic carbocycles. The third kappa shape index (κ3) is 4.19. The number of nitrogens with zero attached hydrogens (tertiary/aromatic N) is 2. The van der Waals surface area contributed by atoms with Gasteiger partial charge in [-0.1, -0.05) is 0 Å². The first-order chi connectivity index (χ1) is 9.16. The van der Waals surface area contributed by atoms with Crippen LogP contribution in [0.15, 0.2) is 12.1 Å². The van der Waals surface area contributed by atoms with Crippen molar-refractivity contribution in [3.63, 3.8) is 0 Å². The van der Waals surface area contributed by atoms with Gasteiger partial charge in [0, 0.05) is 40.3 Å². The smallest absolute Gasteiger partial charge is 0.261 e. The van der Waals surface area contributed by atoms with Crippen LogP contribution in [-0.4, -0.2) is 64.3 Å². The number of ether oxygens (including phenoxy) is 1. The minimum absolute atomic E-state index is 0.0198. The largest absolute Gasteiger partial charge is 0.379 e. The van der Waals surface area contributed by atoms with Crippen molar-refractivity contribution in [1.82, 2.24) is 10.2 Å². The second kappa shape index (κ2) is 6.88. The van der Waals surface area contributed by atoms with Gasteiger partial charge in [0.25, 0.3) is 5.91 Å². The van der Waals surface area contributed by atoms with Crippen LogP contribution in [0.3, 0.4) is 0 Å². The van der Waals surface area contributed by atoms with Crippen LogP contribution in [0.1, 0.15) is 9.67 Å². The maximum Gasteiger partial charge on any atom is 0.261 e. The molecule has 5 nitrogen and oxygen atoms in total. The summed E-state index contributed by atoms with van der Waals surface area (Å²) in [6.07, 6.45) is 0. The van der Waals surface area contributed by atoms with E-state index in [1.54, 1.807) is 0 Å². The molecule has 0 radical (unpaired) electrons. The van der Waals surface area contributed by atoms with Crippen LogP contribution in [0.4, 0.5) is 5.00 Å². The van der Waals surface area contributed by atoms with Crippen molar-refractivity contribution in [2.75, 3.05) is 58.4 Å². The molecule has 2 rings (SSSR count). The predicted molar refractivity (Wildman–Crippen MR) is 78.2 cm³/mol. The fourth-order valence-electron chi connectivity index (χ4n) is 1.93. The average molecular weight is 283 g/mol. The summed E-state index contributed by atoms with van der Waals surface area (Å²) in [7, 11) is 3.96. The van der Waals surface area contributed by atoms with E-state index in [1.165, 1.54) is 11.3 Å². The Balaban J connectivity index is 1.74. The van der Waals surface area contributed by atoms with E-state index in [1.807, 2.05) is 31.1 Å². The number of thiophene rings is 1. The molecule has 0 spiro atoms. The maximum atomic E-state index is 12.0. The summed E-state index contributed by atoms with van der Waals surface area (Å²) in [5, 5.41) is 4.06. The Morgan fingerprint density at radius 3 is 2.79 bits per heavy atom. The Labute approximate surface area is 118 Å². The summed E-state index contributed by atoms with van der Waals surface area (Å²) in [5.41, 5.74) is 0. The second-order valence-electron chi connectivity index (χ2n) is 4.74. The normalized spacial score (nSPS) is 16.3. The maximum absolute atomic E-state index is 12.0. The van der Waals surface area contributed by atoms with E-state index in [0.717, 1.165) is 42.7 Å². The van der Waals surface area contributed by atoms with Crippen molar-refractivity contribution in [3.8, 4) is 0 Å². The number of rotatable bonds is 5. The van der Waals surface area contributed by atoms with Crippen LogP contribution in [0, 0.1) is 0 Å². The predicted octanol–water partition coefficient (Wildman–Crippen LogP) is 0.876. The zero-order valence-electron chi connectivity index (χ0n) is 11.5. The van der Waals surface area contributed by atoms with E-state index in [9.17, 15) is 4.79 Å². The number of morpholine rings is 1. The van der Waals surface area contributed by atoms with Crippen LogP contribution in [0.25, 0.3) is 0 Å². The molecule has 1 N–H and O–H groups in total. The Kier molecular flexibility index (Phi) is 5.18. The molecule has 0 unspecified atom stereocenters. The summed E-state index contributed by atoms with van der Waals surface area (Å²) < 4.78 is 5.29. The lowest BCUT2D eigenvalue weighted by atomic mass is 10.4. The first-order valence-electron chi connectivity index (χ1n) is 6.52. The number of amides is 1. The molecular weight excluding hydrogens is 262 g/mol. The third-order valence-corrected chi connectivity index (χ3v) is 4.33. The van der Waals surface area contributed by atoms with Gasteiger partial charge < -0.3 is 15.0 Å². The quantitative estimate of drug-likeness (QED) is 0.871. The van der Waals surface area contributed by atoms with Gasteiger partial charge in [-0.2, -0.15) is 0 Å². The fraction of sp³-hybridized carbons (Fsp3) is 0.615. The van der Waals surface area contributed by atoms with Crippen molar-refractivity contribution < 1.29 is 9.53 Å². The van der Waals surface area contributed by atoms with Gasteiger partial charge in [-0.05, 0) is 12.1 Å². The summed E-state index contributed by atoms with van der Waals surface area (Å²) in [5.74, 6) is 0.0198. The lowest BCUT2D eigenvalue weighted by Crippen LogP contribution is -2.41. The molecule has 19 heavy (non-hydrogen) atoms. The standard InChI is InChI=1S/C13H21N3O2S/c1-15(2)12-4-3-11(19-12)13(17)14-5-6-16-7-9-18-10-8-16/h3-4H,5-10H2,1-2H3,(H,14,17). The van der Waals surface area contributed by atoms with Gasteiger partial charge in [-0.25, -0.2) is 0 Å². The molecule has 1 aromatic heterocycles. The molecule has 0 aliphatic carbocycles. The van der Waals surface area contributed by atoms with Gasteiger partial charge in [0.05, 0.1) is 23.1 Å². The molecular formula is C13H21N3O2S. The Morgan fingerprint density at radius 1 is 1.42 bits per heavy atom. The van der Waals surface area contributed by atoms with Crippen LogP contribution < -0.4 is 10.2 Å². The highest BCUT2D eigenvalue weighted by Gasteiger charge is 2.12. The highest BCUT2D eigenvalue weighted by Crippen LogP contribution is 2.23. The lowest BCUT2D eigenvalue weighted by molar-refractivity contribution is 0.0383. The zero-order valence-corrected chi connectivity index (χ0v) is 12.3. The lowest BCUT2D eigenvalue weighted by Gasteiger charge is -2.26. The van der Waals surface area contributed by atoms with Crippen LogP contribution in [0.5, 0.6) is 0 Å². The van der Waals surface area contributed by atoms with Crippen LogP contribution in [-0.2, 0) is 4.74 Å². The fourth-order valence-corrected chi connectivity index (χ4v) is 2.77. The van der Waals surface area contributed by atoms with Crippen molar-refractivity contribution in [3.05, 3.63) is 17.0 Å². The summed E-state index contributed by atoms with van der Waals surface area (Å²) >= 11 is 1.52. The molecule has 1 amide bonds. The van der Waals surface area contributed by atoms with Gasteiger partial charge >= 0.3 is 0 Å². The Bertz CT molecular complexity index is 414. The van der Waals surface area contributed by atoms with Crippen LogP contribution >= 0.6 is 11.3 Å². The number of carbonyl (C=O) groups excluding carboxylic acids is 1. The summed E-state index contributed by atoms with van der Waals surface area (Å²) in [6.45, 7) is 5.09. The van der Waals surface area contributed by atoms with Gasteiger partial charge in [-0.3, -0.25) is 9.69 Å². The van der Waals surface area contributed by atoms with E-state index >= 15 is 0 Å². The minimum atomic E-state index is 0.0198. The highest BCUT2D eigenvalue weighted by atomic mass is 32.1. The molecule has 106 valence electrons. The molecule has 1 aromatic rings. The molecule has 6 heteroatoms. The first kappa shape index (κ1) is 14.3. The molecule has 2 heterocycles. The molecule has 1 aliphatic heterocycles. The number of hydrogen-bond donors (Lipinski definition) is 1. The molecule has 1 saturated heterocycles. The SMILES string of the molecule is CN(C)c1ccc(C(=O)NCCN2CCOCC2)s1. The number of hydrogen-bond acceptors (Lipinski definition) is 5. The number of anilines is 1. The van der Waals surface area contributed by atoms with E-state index < -0.39 is 0 Å². The van der Waals surface area contributed by atoms with E-state index in [2.05, 4.69) is 10.2 Å². The van der Waals surface area contributed by atoms with Crippen molar-refractivity contribution >= 4 is 22.2 Å². The zero-order chi connectivity index (χ0) is 13.7. The van der Waals surface area contributed by atoms with Crippen LogP contribution in [0.2, 0.25) is 0 Å². The molecule has 1 aliphatic rings. The molecule has 0 saturated carbocycles. The molecule has 0 bridgehead atoms. The van der Waals surface area contributed by atoms with Crippen molar-refractivity contribution in [2.24, 2.45) is 0 Å². The highest BCUT2D eigenvalue weighted by molar-refractivity contribution is 7.17. The molecule has 1 fully saturated rings. The van der Waals surface area contributed by atoms with Gasteiger partial charge in [-0.15, -0.1) is 11.3 Å². The Morgan fingerprint density at radius 2 is 2.16 bits per heavy atom. The number of nitrogens with one attached hydrogen (secondary N) is 1. The van der Waals surface area contributed by atoms with Gasteiger partial charge in [0.1, 0.15) is 0 Å². The summed E-state index contributed by atoms with van der Waals surface area (Å²) in [6, 6.07) is 3.85. The number of carbonyl (C=O) groups is 1. The average Bonchev–Trinajstić information content (AvgIpc) is 2.89. The van der Waals surface area contributed by atoms with Crippen molar-refractivity contribution in [1.29, 1.82) is 0 Å². The molecule has 0 atom stereocenters.